The van der Waals surface area contributed by atoms with Gasteiger partial charge in [0.1, 0.15) is 12.1 Å². The van der Waals surface area contributed by atoms with E-state index >= 15 is 0 Å². The van der Waals surface area contributed by atoms with E-state index in [2.05, 4.69) is 15.5 Å². The number of aromatic nitrogens is 2. The zero-order valence-electron chi connectivity index (χ0n) is 12.2. The lowest BCUT2D eigenvalue weighted by atomic mass is 10.1. The minimum Gasteiger partial charge on any atom is -0.351 e. The van der Waals surface area contributed by atoms with Crippen molar-refractivity contribution >= 4 is 11.8 Å². The zero-order valence-corrected chi connectivity index (χ0v) is 12.2. The SMILES string of the molecule is CC(C)c1cc(C(=O)N2CC[C@@H](NC(=O)CC#N)C2)n[nH]1. The maximum atomic E-state index is 12.3. The summed E-state index contributed by atoms with van der Waals surface area (Å²) in [5.41, 5.74) is 1.33. The summed E-state index contributed by atoms with van der Waals surface area (Å²) < 4.78 is 0. The number of rotatable bonds is 4. The second-order valence-corrected chi connectivity index (χ2v) is 5.50. The molecule has 1 aromatic heterocycles. The quantitative estimate of drug-likeness (QED) is 0.855. The fourth-order valence-electron chi connectivity index (χ4n) is 2.32. The molecule has 0 aromatic carbocycles. The van der Waals surface area contributed by atoms with Gasteiger partial charge in [0.25, 0.3) is 5.91 Å². The third kappa shape index (κ3) is 3.60. The first kappa shape index (κ1) is 15.0. The van der Waals surface area contributed by atoms with E-state index in [4.69, 9.17) is 5.26 Å². The van der Waals surface area contributed by atoms with E-state index < -0.39 is 0 Å². The molecule has 0 bridgehead atoms. The van der Waals surface area contributed by atoms with Crippen molar-refractivity contribution in [3.8, 4) is 6.07 Å². The molecule has 0 radical (unpaired) electrons. The number of carbonyl (C=O) groups excluding carboxylic acids is 2. The molecule has 2 N–H and O–H groups in total. The lowest BCUT2D eigenvalue weighted by Crippen LogP contribution is -2.38. The number of hydrogen-bond acceptors (Lipinski definition) is 4. The number of hydrogen-bond donors (Lipinski definition) is 2. The Morgan fingerprint density at radius 1 is 1.62 bits per heavy atom. The van der Waals surface area contributed by atoms with Crippen LogP contribution in [0.15, 0.2) is 6.07 Å². The van der Waals surface area contributed by atoms with Gasteiger partial charge in [-0.2, -0.15) is 10.4 Å². The highest BCUT2D eigenvalue weighted by Crippen LogP contribution is 2.16. The van der Waals surface area contributed by atoms with Crippen molar-refractivity contribution in [1.29, 1.82) is 5.26 Å². The maximum absolute atomic E-state index is 12.3. The van der Waals surface area contributed by atoms with Crippen LogP contribution in [0, 0.1) is 11.3 Å². The number of nitrogens with zero attached hydrogens (tertiary/aromatic N) is 3. The Morgan fingerprint density at radius 2 is 2.38 bits per heavy atom. The van der Waals surface area contributed by atoms with Gasteiger partial charge in [0.15, 0.2) is 0 Å². The van der Waals surface area contributed by atoms with Gasteiger partial charge in [-0.3, -0.25) is 14.7 Å². The fraction of sp³-hybridized carbons (Fsp3) is 0.571. The lowest BCUT2D eigenvalue weighted by molar-refractivity contribution is -0.120. The highest BCUT2D eigenvalue weighted by Gasteiger charge is 2.29. The molecular formula is C14H19N5O2. The molecule has 1 saturated heterocycles. The monoisotopic (exact) mass is 289 g/mol. The van der Waals surface area contributed by atoms with Crippen LogP contribution < -0.4 is 5.32 Å². The van der Waals surface area contributed by atoms with Crippen LogP contribution in [0.4, 0.5) is 0 Å². The maximum Gasteiger partial charge on any atom is 0.274 e. The number of carbonyl (C=O) groups is 2. The summed E-state index contributed by atoms with van der Waals surface area (Å²) in [5.74, 6) is -0.135. The Balaban J connectivity index is 1.92. The Morgan fingerprint density at radius 3 is 3.00 bits per heavy atom. The predicted molar refractivity (Wildman–Crippen MR) is 75.4 cm³/mol. The average molecular weight is 289 g/mol. The van der Waals surface area contributed by atoms with E-state index in [9.17, 15) is 9.59 Å². The van der Waals surface area contributed by atoms with E-state index in [1.807, 2.05) is 19.9 Å². The molecule has 1 aliphatic rings. The third-order valence-corrected chi connectivity index (χ3v) is 3.52. The number of amides is 2. The lowest BCUT2D eigenvalue weighted by Gasteiger charge is -2.15. The second kappa shape index (κ2) is 6.39. The van der Waals surface area contributed by atoms with E-state index in [0.717, 1.165) is 5.69 Å². The summed E-state index contributed by atoms with van der Waals surface area (Å²) in [6, 6.07) is 3.50. The highest BCUT2D eigenvalue weighted by molar-refractivity contribution is 5.92. The summed E-state index contributed by atoms with van der Waals surface area (Å²) in [5, 5.41) is 18.1. The standard InChI is InChI=1S/C14H19N5O2/c1-9(2)11-7-12(18-17-11)14(21)19-6-4-10(8-19)16-13(20)3-5-15/h7,9-10H,3-4,6,8H2,1-2H3,(H,16,20)(H,17,18)/t10-/m1/s1. The molecule has 2 amide bonds. The van der Waals surface area contributed by atoms with Gasteiger partial charge in [-0.05, 0) is 18.4 Å². The van der Waals surface area contributed by atoms with Gasteiger partial charge in [0.05, 0.1) is 6.07 Å². The first-order valence-electron chi connectivity index (χ1n) is 7.02. The van der Waals surface area contributed by atoms with Crippen molar-refractivity contribution in [3.63, 3.8) is 0 Å². The van der Waals surface area contributed by atoms with Gasteiger partial charge in [-0.1, -0.05) is 13.8 Å². The normalized spacial score (nSPS) is 17.8. The number of nitrogens with one attached hydrogen (secondary N) is 2. The molecule has 1 fully saturated rings. The minimum atomic E-state index is -0.293. The summed E-state index contributed by atoms with van der Waals surface area (Å²) in [6.07, 6.45) is 0.548. The van der Waals surface area contributed by atoms with Gasteiger partial charge < -0.3 is 10.2 Å². The molecule has 1 aliphatic heterocycles. The van der Waals surface area contributed by atoms with E-state index in [1.165, 1.54) is 0 Å². The van der Waals surface area contributed by atoms with Crippen molar-refractivity contribution in [2.75, 3.05) is 13.1 Å². The fourth-order valence-corrected chi connectivity index (χ4v) is 2.32. The van der Waals surface area contributed by atoms with Crippen LogP contribution in [0.5, 0.6) is 0 Å². The molecule has 0 aliphatic carbocycles. The van der Waals surface area contributed by atoms with Crippen LogP contribution >= 0.6 is 0 Å². The minimum absolute atomic E-state index is 0.0849. The van der Waals surface area contributed by atoms with Gasteiger partial charge in [-0.15, -0.1) is 0 Å². The van der Waals surface area contributed by atoms with Crippen LogP contribution in [0.25, 0.3) is 0 Å². The number of likely N-dealkylation sites (tertiary alicyclic amines) is 1. The van der Waals surface area contributed by atoms with Crippen molar-refractivity contribution in [2.45, 2.75) is 38.6 Å². The molecule has 7 nitrogen and oxygen atoms in total. The number of nitriles is 1. The van der Waals surface area contributed by atoms with Gasteiger partial charge in [0.2, 0.25) is 5.91 Å². The molecule has 0 saturated carbocycles. The Labute approximate surface area is 123 Å². The van der Waals surface area contributed by atoms with Crippen molar-refractivity contribution < 1.29 is 9.59 Å². The van der Waals surface area contributed by atoms with Crippen LogP contribution in [-0.4, -0.2) is 46.0 Å². The summed E-state index contributed by atoms with van der Waals surface area (Å²) >= 11 is 0. The third-order valence-electron chi connectivity index (χ3n) is 3.52. The van der Waals surface area contributed by atoms with Gasteiger partial charge in [-0.25, -0.2) is 0 Å². The van der Waals surface area contributed by atoms with Crippen molar-refractivity contribution in [1.82, 2.24) is 20.4 Å². The van der Waals surface area contributed by atoms with Crippen molar-refractivity contribution in [2.24, 2.45) is 0 Å². The van der Waals surface area contributed by atoms with Crippen LogP contribution in [0.2, 0.25) is 0 Å². The average Bonchev–Trinajstić information content (AvgIpc) is 3.06. The second-order valence-electron chi connectivity index (χ2n) is 5.50. The van der Waals surface area contributed by atoms with Crippen molar-refractivity contribution in [3.05, 3.63) is 17.5 Å². The largest absolute Gasteiger partial charge is 0.351 e. The molecule has 2 heterocycles. The Hall–Kier alpha value is -2.36. The molecule has 21 heavy (non-hydrogen) atoms. The smallest absolute Gasteiger partial charge is 0.274 e. The van der Waals surface area contributed by atoms with E-state index in [1.54, 1.807) is 11.0 Å². The van der Waals surface area contributed by atoms with Crippen LogP contribution in [-0.2, 0) is 4.79 Å². The van der Waals surface area contributed by atoms with E-state index in [0.29, 0.717) is 25.2 Å². The summed E-state index contributed by atoms with van der Waals surface area (Å²) in [7, 11) is 0. The molecule has 1 atom stereocenters. The number of aromatic amines is 1. The summed E-state index contributed by atoms with van der Waals surface area (Å²) in [4.78, 5) is 25.4. The molecule has 112 valence electrons. The van der Waals surface area contributed by atoms with E-state index in [-0.39, 0.29) is 30.2 Å². The molecule has 1 aromatic rings. The highest BCUT2D eigenvalue weighted by atomic mass is 16.2. The molecular weight excluding hydrogens is 270 g/mol. The molecule has 7 heteroatoms. The first-order chi connectivity index (χ1) is 10.0. The number of H-pyrrole nitrogens is 1. The Bertz CT molecular complexity index is 572. The van der Waals surface area contributed by atoms with Gasteiger partial charge >= 0.3 is 0 Å². The van der Waals surface area contributed by atoms with Crippen LogP contribution in [0.1, 0.15) is 48.8 Å². The zero-order chi connectivity index (χ0) is 15.4. The molecule has 0 spiro atoms. The van der Waals surface area contributed by atoms with Crippen LogP contribution in [0.3, 0.4) is 0 Å². The topological polar surface area (TPSA) is 102 Å². The van der Waals surface area contributed by atoms with Gasteiger partial charge in [0, 0.05) is 24.8 Å². The summed E-state index contributed by atoms with van der Waals surface area (Å²) in [6.45, 7) is 5.09. The molecule has 2 rings (SSSR count). The molecule has 0 unspecified atom stereocenters. The first-order valence-corrected chi connectivity index (χ1v) is 7.02. The predicted octanol–water partition coefficient (Wildman–Crippen LogP) is 0.777. The Kier molecular flexibility index (Phi) is 4.58.